The number of benzene rings is 1. The molecule has 7 nitrogen and oxygen atoms in total. The Morgan fingerprint density at radius 3 is 2.48 bits per heavy atom. The number of rotatable bonds is 8. The third-order valence-corrected chi connectivity index (χ3v) is 5.30. The van der Waals surface area contributed by atoms with Crippen molar-refractivity contribution >= 4 is 27.8 Å². The van der Waals surface area contributed by atoms with E-state index in [0.29, 0.717) is 16.5 Å². The number of aryl methyl sites for hydroxylation is 1. The third kappa shape index (κ3) is 6.45. The molecule has 0 fully saturated rings. The van der Waals surface area contributed by atoms with Crippen LogP contribution >= 0.6 is 11.8 Å². The maximum atomic E-state index is 12.1. The number of sulfonamides is 1. The van der Waals surface area contributed by atoms with Crippen LogP contribution in [-0.2, 0) is 27.9 Å². The SMILES string of the molecule is Cc1cc(SCC(=O)O)nc(CN(Cc2ccccc2)S(C)(=O)=O)n1. The van der Waals surface area contributed by atoms with Crippen molar-refractivity contribution in [2.24, 2.45) is 0 Å². The van der Waals surface area contributed by atoms with E-state index in [1.807, 2.05) is 30.3 Å². The highest BCUT2D eigenvalue weighted by Gasteiger charge is 2.19. The average Bonchev–Trinajstić information content (AvgIpc) is 2.52. The molecule has 1 aromatic carbocycles. The monoisotopic (exact) mass is 381 g/mol. The molecule has 1 aromatic heterocycles. The number of nitrogens with zero attached hydrogens (tertiary/aromatic N) is 3. The molecule has 2 aromatic rings. The summed E-state index contributed by atoms with van der Waals surface area (Å²) in [6, 6.07) is 10.9. The van der Waals surface area contributed by atoms with Gasteiger partial charge in [-0.3, -0.25) is 4.79 Å². The molecule has 0 amide bonds. The zero-order chi connectivity index (χ0) is 18.4. The Balaban J connectivity index is 2.22. The maximum absolute atomic E-state index is 12.1. The predicted molar refractivity (Wildman–Crippen MR) is 95.7 cm³/mol. The molecule has 134 valence electrons. The van der Waals surface area contributed by atoms with Gasteiger partial charge >= 0.3 is 5.97 Å². The number of carboxylic acid groups (broad SMARTS) is 1. The third-order valence-electron chi connectivity index (χ3n) is 3.21. The highest BCUT2D eigenvalue weighted by Crippen LogP contribution is 2.18. The standard InChI is InChI=1S/C16H19N3O4S2/c1-12-8-15(24-11-16(20)21)18-14(17-12)10-19(25(2,22)23)9-13-6-4-3-5-7-13/h3-8H,9-11H2,1-2H3,(H,20,21). The van der Waals surface area contributed by atoms with Crippen LogP contribution in [0.1, 0.15) is 17.1 Å². The molecule has 1 heterocycles. The van der Waals surface area contributed by atoms with Gasteiger partial charge in [0.25, 0.3) is 0 Å². The van der Waals surface area contributed by atoms with Crippen LogP contribution in [-0.4, -0.2) is 45.8 Å². The van der Waals surface area contributed by atoms with Crippen LogP contribution in [0.25, 0.3) is 0 Å². The Labute approximate surface area is 151 Å². The zero-order valence-corrected chi connectivity index (χ0v) is 15.5. The molecule has 0 saturated carbocycles. The quantitative estimate of drug-likeness (QED) is 0.551. The van der Waals surface area contributed by atoms with Crippen molar-refractivity contribution in [3.8, 4) is 0 Å². The molecule has 0 aliphatic rings. The molecule has 0 saturated heterocycles. The fourth-order valence-corrected chi connectivity index (χ4v) is 3.54. The van der Waals surface area contributed by atoms with E-state index in [-0.39, 0.29) is 18.8 Å². The van der Waals surface area contributed by atoms with Crippen molar-refractivity contribution in [2.45, 2.75) is 25.0 Å². The van der Waals surface area contributed by atoms with E-state index in [1.165, 1.54) is 4.31 Å². The number of aromatic nitrogens is 2. The van der Waals surface area contributed by atoms with E-state index in [9.17, 15) is 13.2 Å². The predicted octanol–water partition coefficient (Wildman–Crippen LogP) is 1.92. The maximum Gasteiger partial charge on any atom is 0.313 e. The molecule has 0 bridgehead atoms. The Bertz CT molecular complexity index is 842. The summed E-state index contributed by atoms with van der Waals surface area (Å²) in [7, 11) is -3.46. The van der Waals surface area contributed by atoms with E-state index < -0.39 is 16.0 Å². The highest BCUT2D eigenvalue weighted by molar-refractivity contribution is 7.99. The zero-order valence-electron chi connectivity index (χ0n) is 13.9. The lowest BCUT2D eigenvalue weighted by Gasteiger charge is -2.19. The first-order chi connectivity index (χ1) is 11.7. The molecule has 2 rings (SSSR count). The second-order valence-corrected chi connectivity index (χ2v) is 8.44. The molecule has 0 aliphatic heterocycles. The molecule has 25 heavy (non-hydrogen) atoms. The van der Waals surface area contributed by atoms with E-state index in [1.54, 1.807) is 13.0 Å². The van der Waals surface area contributed by atoms with Gasteiger partial charge in [0.15, 0.2) is 0 Å². The molecule has 0 radical (unpaired) electrons. The summed E-state index contributed by atoms with van der Waals surface area (Å²) < 4.78 is 25.5. The summed E-state index contributed by atoms with van der Waals surface area (Å²) in [5, 5.41) is 9.29. The van der Waals surface area contributed by atoms with Crippen LogP contribution in [0.3, 0.4) is 0 Å². The van der Waals surface area contributed by atoms with Gasteiger partial charge in [0.2, 0.25) is 10.0 Å². The fourth-order valence-electron chi connectivity index (χ4n) is 2.11. The summed E-state index contributed by atoms with van der Waals surface area (Å²) >= 11 is 1.08. The molecule has 0 atom stereocenters. The first kappa shape index (κ1) is 19.4. The van der Waals surface area contributed by atoms with Gasteiger partial charge in [-0.15, -0.1) is 0 Å². The van der Waals surface area contributed by atoms with E-state index in [4.69, 9.17) is 5.11 Å². The van der Waals surface area contributed by atoms with E-state index >= 15 is 0 Å². The van der Waals surface area contributed by atoms with Crippen molar-refractivity contribution in [2.75, 3.05) is 12.0 Å². The number of thioether (sulfide) groups is 1. The largest absolute Gasteiger partial charge is 0.481 e. The second-order valence-electron chi connectivity index (χ2n) is 5.46. The lowest BCUT2D eigenvalue weighted by Crippen LogP contribution is -2.30. The van der Waals surface area contributed by atoms with Gasteiger partial charge in [-0.25, -0.2) is 18.4 Å². The van der Waals surface area contributed by atoms with Crippen molar-refractivity contribution in [1.29, 1.82) is 0 Å². The van der Waals surface area contributed by atoms with Gasteiger partial charge in [0.05, 0.1) is 18.6 Å². The van der Waals surface area contributed by atoms with Crippen LogP contribution < -0.4 is 0 Å². The van der Waals surface area contributed by atoms with Gasteiger partial charge in [-0.2, -0.15) is 4.31 Å². The number of carboxylic acids is 1. The van der Waals surface area contributed by atoms with Crippen LogP contribution in [0.5, 0.6) is 0 Å². The van der Waals surface area contributed by atoms with Crippen LogP contribution in [0.2, 0.25) is 0 Å². The molecular formula is C16H19N3O4S2. The normalized spacial score (nSPS) is 11.6. The number of hydrogen-bond donors (Lipinski definition) is 1. The minimum Gasteiger partial charge on any atom is -0.481 e. The summed E-state index contributed by atoms with van der Waals surface area (Å²) in [6.45, 7) is 2.00. The van der Waals surface area contributed by atoms with Crippen LogP contribution in [0.15, 0.2) is 41.4 Å². The van der Waals surface area contributed by atoms with Gasteiger partial charge in [0.1, 0.15) is 10.9 Å². The summed E-state index contributed by atoms with van der Waals surface area (Å²) in [5.41, 5.74) is 1.52. The first-order valence-electron chi connectivity index (χ1n) is 7.42. The van der Waals surface area contributed by atoms with Crippen molar-refractivity contribution < 1.29 is 18.3 Å². The lowest BCUT2D eigenvalue weighted by molar-refractivity contribution is -0.133. The Morgan fingerprint density at radius 1 is 1.20 bits per heavy atom. The number of hydrogen-bond acceptors (Lipinski definition) is 6. The lowest BCUT2D eigenvalue weighted by atomic mass is 10.2. The second kappa shape index (κ2) is 8.41. The van der Waals surface area contributed by atoms with Crippen molar-refractivity contribution in [1.82, 2.24) is 14.3 Å². The molecular weight excluding hydrogens is 362 g/mol. The molecule has 0 spiro atoms. The Morgan fingerprint density at radius 2 is 1.88 bits per heavy atom. The number of carbonyl (C=O) groups is 1. The van der Waals surface area contributed by atoms with Gasteiger partial charge in [0, 0.05) is 12.2 Å². The minimum absolute atomic E-state index is 0.0238. The molecule has 0 aliphatic carbocycles. The summed E-state index contributed by atoms with van der Waals surface area (Å²) in [4.78, 5) is 19.3. The highest BCUT2D eigenvalue weighted by atomic mass is 32.2. The summed E-state index contributed by atoms with van der Waals surface area (Å²) in [6.07, 6.45) is 1.14. The molecule has 1 N–H and O–H groups in total. The Hall–Kier alpha value is -1.97. The smallest absolute Gasteiger partial charge is 0.313 e. The first-order valence-corrected chi connectivity index (χ1v) is 10.3. The van der Waals surface area contributed by atoms with Crippen LogP contribution in [0, 0.1) is 6.92 Å². The summed E-state index contributed by atoms with van der Waals surface area (Å²) in [5.74, 6) is -0.714. The molecule has 0 unspecified atom stereocenters. The van der Waals surface area contributed by atoms with Gasteiger partial charge in [-0.05, 0) is 18.6 Å². The van der Waals surface area contributed by atoms with Crippen molar-refractivity contribution in [3.05, 3.63) is 53.5 Å². The Kier molecular flexibility index (Phi) is 6.51. The average molecular weight is 381 g/mol. The minimum atomic E-state index is -3.46. The van der Waals surface area contributed by atoms with Gasteiger partial charge < -0.3 is 5.11 Å². The molecule has 9 heteroatoms. The van der Waals surface area contributed by atoms with Crippen molar-refractivity contribution in [3.63, 3.8) is 0 Å². The van der Waals surface area contributed by atoms with E-state index in [2.05, 4.69) is 9.97 Å². The van der Waals surface area contributed by atoms with Gasteiger partial charge in [-0.1, -0.05) is 42.1 Å². The fraction of sp³-hybridized carbons (Fsp3) is 0.312. The number of aliphatic carboxylic acids is 1. The van der Waals surface area contributed by atoms with Crippen LogP contribution in [0.4, 0.5) is 0 Å². The van der Waals surface area contributed by atoms with E-state index in [0.717, 1.165) is 23.6 Å². The topological polar surface area (TPSA) is 100 Å².